The molecule has 2 aliphatic rings. The summed E-state index contributed by atoms with van der Waals surface area (Å²) >= 11 is 1.47. The highest BCUT2D eigenvalue weighted by Crippen LogP contribution is 2.25. The topological polar surface area (TPSA) is 103 Å². The molecule has 1 saturated heterocycles. The molecule has 10 heteroatoms. The molecule has 35 heavy (non-hydrogen) atoms. The van der Waals surface area contributed by atoms with Gasteiger partial charge >= 0.3 is 6.09 Å². The van der Waals surface area contributed by atoms with E-state index in [0.717, 1.165) is 41.3 Å². The largest absolute Gasteiger partial charge is 0.453 e. The third-order valence-electron chi connectivity index (χ3n) is 6.87. The van der Waals surface area contributed by atoms with Crippen LogP contribution in [0.1, 0.15) is 38.1 Å². The summed E-state index contributed by atoms with van der Waals surface area (Å²) in [5.74, 6) is -0.184. The van der Waals surface area contributed by atoms with Crippen molar-refractivity contribution in [1.82, 2.24) is 30.4 Å². The molecule has 2 atom stereocenters. The van der Waals surface area contributed by atoms with E-state index in [2.05, 4.69) is 63.7 Å². The number of nitrogens with one attached hydrogen (secondary N) is 3. The molecule has 2 aromatic heterocycles. The molecule has 0 radical (unpaired) electrons. The van der Waals surface area contributed by atoms with Gasteiger partial charge in [0.1, 0.15) is 0 Å². The van der Waals surface area contributed by atoms with E-state index in [1.807, 2.05) is 0 Å². The Kier molecular flexibility index (Phi) is 6.77. The van der Waals surface area contributed by atoms with Gasteiger partial charge in [0, 0.05) is 61.3 Å². The molecule has 186 valence electrons. The number of carbonyl (C=O) groups excluding carboxylic acids is 2. The van der Waals surface area contributed by atoms with E-state index >= 15 is 0 Å². The molecule has 3 aromatic rings. The molecule has 1 fully saturated rings. The van der Waals surface area contributed by atoms with Gasteiger partial charge < -0.3 is 30.2 Å². The Hall–Kier alpha value is -2.95. The highest BCUT2D eigenvalue weighted by Gasteiger charge is 2.34. The van der Waals surface area contributed by atoms with Crippen LogP contribution in [0.4, 0.5) is 4.79 Å². The minimum Gasteiger partial charge on any atom is -0.453 e. The second-order valence-corrected chi connectivity index (χ2v) is 10.6. The number of aromatic amines is 1. The van der Waals surface area contributed by atoms with Gasteiger partial charge in [-0.05, 0) is 44.0 Å². The number of aryl methyl sites for hydroxylation is 1. The number of H-pyrrole nitrogens is 1. The first kappa shape index (κ1) is 23.8. The van der Waals surface area contributed by atoms with Gasteiger partial charge in [0.25, 0.3) is 5.91 Å². The molecule has 4 heterocycles. The van der Waals surface area contributed by atoms with Gasteiger partial charge in [0.05, 0.1) is 18.8 Å². The van der Waals surface area contributed by atoms with Crippen LogP contribution in [0.25, 0.3) is 10.9 Å². The highest BCUT2D eigenvalue weighted by molar-refractivity contribution is 7.13. The fraction of sp³-hybridized carbons (Fsp3) is 0.480. The van der Waals surface area contributed by atoms with Crippen molar-refractivity contribution < 1.29 is 14.3 Å². The number of nitrogens with zero attached hydrogens (tertiary/aromatic N) is 3. The molecular formula is C25H32N6O3S. The number of thiazole rings is 1. The standard InChI is InChI=1S/C25H32N6O3S/c1-15-4-5-18-16(10-15)11-17(27-18)12-26-19-7-9-31(25(33)34-3)13-21(19)28-23(32)24-29-20-6-8-30(2)14-22(20)35-24/h4-5,10-11,19,21,26-27H,6-9,12-14H2,1-3H3,(H,28,32)/t19-,21+/m0/s1. The number of likely N-dealkylation sites (N-methyl/N-ethyl adjacent to an activating group) is 1. The molecule has 0 saturated carbocycles. The summed E-state index contributed by atoms with van der Waals surface area (Å²) in [5, 5.41) is 8.44. The van der Waals surface area contributed by atoms with Gasteiger partial charge in [-0.25, -0.2) is 9.78 Å². The molecule has 0 aliphatic carbocycles. The number of likely N-dealkylation sites (tertiary alicyclic amines) is 1. The summed E-state index contributed by atoms with van der Waals surface area (Å²) in [5.41, 5.74) is 4.45. The monoisotopic (exact) mass is 496 g/mol. The molecular weight excluding hydrogens is 464 g/mol. The summed E-state index contributed by atoms with van der Waals surface area (Å²) in [7, 11) is 3.46. The third-order valence-corrected chi connectivity index (χ3v) is 7.95. The van der Waals surface area contributed by atoms with Gasteiger partial charge in [-0.15, -0.1) is 11.3 Å². The van der Waals surface area contributed by atoms with Crippen LogP contribution in [0.3, 0.4) is 0 Å². The smallest absolute Gasteiger partial charge is 0.409 e. The van der Waals surface area contributed by atoms with E-state index in [4.69, 9.17) is 4.74 Å². The summed E-state index contributed by atoms with van der Waals surface area (Å²) in [6.45, 7) is 5.46. The lowest BCUT2D eigenvalue weighted by Gasteiger charge is -2.38. The zero-order valence-corrected chi connectivity index (χ0v) is 21.2. The maximum absolute atomic E-state index is 13.2. The van der Waals surface area contributed by atoms with Crippen LogP contribution >= 0.6 is 11.3 Å². The number of rotatable bonds is 5. The van der Waals surface area contributed by atoms with E-state index in [1.54, 1.807) is 4.90 Å². The first-order valence-corrected chi connectivity index (χ1v) is 12.8. The van der Waals surface area contributed by atoms with Gasteiger partial charge in [0.15, 0.2) is 5.01 Å². The van der Waals surface area contributed by atoms with Crippen molar-refractivity contribution in [1.29, 1.82) is 0 Å². The van der Waals surface area contributed by atoms with Crippen LogP contribution in [0.2, 0.25) is 0 Å². The molecule has 2 aliphatic heterocycles. The van der Waals surface area contributed by atoms with Crippen molar-refractivity contribution in [3.05, 3.63) is 51.1 Å². The SMILES string of the molecule is COC(=O)N1CC[C@H](NCc2cc3cc(C)ccc3[nH]2)[C@H](NC(=O)c2nc3c(s2)CN(C)CC3)C1. The van der Waals surface area contributed by atoms with Crippen LogP contribution < -0.4 is 10.6 Å². The van der Waals surface area contributed by atoms with E-state index in [9.17, 15) is 9.59 Å². The molecule has 0 spiro atoms. The predicted molar refractivity (Wildman–Crippen MR) is 136 cm³/mol. The third kappa shape index (κ3) is 5.19. The number of carbonyl (C=O) groups is 2. The minimum atomic E-state index is -0.374. The Labute approximate surface area is 208 Å². The average molecular weight is 497 g/mol. The second-order valence-electron chi connectivity index (χ2n) is 9.53. The molecule has 0 unspecified atom stereocenters. The van der Waals surface area contributed by atoms with E-state index in [0.29, 0.717) is 31.1 Å². The van der Waals surface area contributed by atoms with E-state index in [-0.39, 0.29) is 24.1 Å². The Morgan fingerprint density at radius 3 is 2.94 bits per heavy atom. The maximum Gasteiger partial charge on any atom is 0.409 e. The molecule has 9 nitrogen and oxygen atoms in total. The Bertz CT molecular complexity index is 1240. The molecule has 1 aromatic carbocycles. The van der Waals surface area contributed by atoms with Gasteiger partial charge in [-0.1, -0.05) is 11.6 Å². The number of hydrogen-bond acceptors (Lipinski definition) is 7. The molecule has 2 amide bonds. The number of ether oxygens (including phenoxy) is 1. The zero-order chi connectivity index (χ0) is 24.5. The summed E-state index contributed by atoms with van der Waals surface area (Å²) in [6.07, 6.45) is 1.20. The summed E-state index contributed by atoms with van der Waals surface area (Å²) < 4.78 is 4.93. The Morgan fingerprint density at radius 1 is 1.26 bits per heavy atom. The zero-order valence-electron chi connectivity index (χ0n) is 20.4. The van der Waals surface area contributed by atoms with Crippen LogP contribution in [-0.4, -0.2) is 77.6 Å². The van der Waals surface area contributed by atoms with Crippen LogP contribution in [-0.2, 0) is 24.2 Å². The maximum atomic E-state index is 13.2. The number of fused-ring (bicyclic) bond motifs is 2. The van der Waals surface area contributed by atoms with Crippen molar-refractivity contribution in [3.8, 4) is 0 Å². The first-order valence-electron chi connectivity index (χ1n) is 12.0. The summed E-state index contributed by atoms with van der Waals surface area (Å²) in [4.78, 5) is 38.5. The molecule has 5 rings (SSSR count). The fourth-order valence-electron chi connectivity index (χ4n) is 4.94. The second kappa shape index (κ2) is 9.96. The molecule has 3 N–H and O–H groups in total. The normalized spacial score (nSPS) is 20.6. The van der Waals surface area contributed by atoms with Gasteiger partial charge in [-0.3, -0.25) is 4.79 Å². The Balaban J connectivity index is 1.29. The minimum absolute atomic E-state index is 0.00808. The van der Waals surface area contributed by atoms with Crippen molar-refractivity contribution in [3.63, 3.8) is 0 Å². The van der Waals surface area contributed by atoms with E-state index < -0.39 is 0 Å². The number of benzene rings is 1. The number of amides is 2. The first-order chi connectivity index (χ1) is 16.9. The number of piperidine rings is 1. The number of hydrogen-bond donors (Lipinski definition) is 3. The lowest BCUT2D eigenvalue weighted by molar-refractivity contribution is 0.0814. The quantitative estimate of drug-likeness (QED) is 0.502. The van der Waals surface area contributed by atoms with Crippen molar-refractivity contribution in [2.45, 2.75) is 44.9 Å². The van der Waals surface area contributed by atoms with Crippen LogP contribution in [0.15, 0.2) is 24.3 Å². The highest BCUT2D eigenvalue weighted by atomic mass is 32.1. The number of methoxy groups -OCH3 is 1. The lowest BCUT2D eigenvalue weighted by Crippen LogP contribution is -2.60. The average Bonchev–Trinajstić information content (AvgIpc) is 3.45. The van der Waals surface area contributed by atoms with Crippen LogP contribution in [0, 0.1) is 6.92 Å². The van der Waals surface area contributed by atoms with Gasteiger partial charge in [-0.2, -0.15) is 0 Å². The van der Waals surface area contributed by atoms with Crippen molar-refractivity contribution >= 4 is 34.2 Å². The number of aromatic nitrogens is 2. The fourth-order valence-corrected chi connectivity index (χ4v) is 6.03. The Morgan fingerprint density at radius 2 is 2.11 bits per heavy atom. The van der Waals surface area contributed by atoms with Crippen LogP contribution in [0.5, 0.6) is 0 Å². The van der Waals surface area contributed by atoms with E-state index in [1.165, 1.54) is 29.4 Å². The van der Waals surface area contributed by atoms with Crippen molar-refractivity contribution in [2.75, 3.05) is 33.8 Å². The van der Waals surface area contributed by atoms with Crippen molar-refractivity contribution in [2.24, 2.45) is 0 Å². The lowest BCUT2D eigenvalue weighted by atomic mass is 9.99. The molecule has 0 bridgehead atoms. The summed E-state index contributed by atoms with van der Waals surface area (Å²) in [6, 6.07) is 8.26. The van der Waals surface area contributed by atoms with Gasteiger partial charge in [0.2, 0.25) is 0 Å². The predicted octanol–water partition coefficient (Wildman–Crippen LogP) is 2.65.